The first kappa shape index (κ1) is 22.1. The van der Waals surface area contributed by atoms with E-state index in [0.29, 0.717) is 47.3 Å². The molecule has 0 fully saturated rings. The number of nitrogens with zero attached hydrogens (tertiary/aromatic N) is 5. The predicted molar refractivity (Wildman–Crippen MR) is 125 cm³/mol. The summed E-state index contributed by atoms with van der Waals surface area (Å²) in [5.41, 5.74) is 3.26. The highest BCUT2D eigenvalue weighted by Crippen LogP contribution is 2.31. The summed E-state index contributed by atoms with van der Waals surface area (Å²) in [6.45, 7) is 2.72. The third-order valence-corrected chi connectivity index (χ3v) is 5.84. The van der Waals surface area contributed by atoms with Gasteiger partial charge in [-0.2, -0.15) is 0 Å². The van der Waals surface area contributed by atoms with Gasteiger partial charge in [0.05, 0.1) is 31.2 Å². The van der Waals surface area contributed by atoms with Crippen molar-refractivity contribution in [2.45, 2.75) is 20.0 Å². The molecule has 0 unspecified atom stereocenters. The molecule has 1 aliphatic rings. The summed E-state index contributed by atoms with van der Waals surface area (Å²) in [5, 5.41) is 16.2. The van der Waals surface area contributed by atoms with Gasteiger partial charge in [-0.15, -0.1) is 0 Å². The zero-order chi connectivity index (χ0) is 24.5. The van der Waals surface area contributed by atoms with Crippen LogP contribution in [0.1, 0.15) is 21.9 Å². The molecule has 178 valence electrons. The SMILES string of the molecule is COc1nc(-c2cnc3n2CCN(C(=O)O)C3)ccc1NC(=O)c1c(-c2ccccc2)noc1C. The van der Waals surface area contributed by atoms with E-state index in [2.05, 4.69) is 20.4 Å². The van der Waals surface area contributed by atoms with Gasteiger partial charge in [0.1, 0.15) is 28.5 Å². The van der Waals surface area contributed by atoms with Crippen LogP contribution in [0.4, 0.5) is 10.5 Å². The first-order valence-corrected chi connectivity index (χ1v) is 10.9. The molecule has 0 saturated carbocycles. The molecule has 0 spiro atoms. The van der Waals surface area contributed by atoms with Gasteiger partial charge in [0, 0.05) is 18.7 Å². The maximum Gasteiger partial charge on any atom is 0.407 e. The molecule has 0 radical (unpaired) electrons. The van der Waals surface area contributed by atoms with E-state index in [1.54, 1.807) is 25.3 Å². The van der Waals surface area contributed by atoms with Gasteiger partial charge in [-0.1, -0.05) is 35.5 Å². The number of imidazole rings is 1. The molecule has 4 aromatic rings. The van der Waals surface area contributed by atoms with Crippen molar-refractivity contribution in [1.82, 2.24) is 24.6 Å². The van der Waals surface area contributed by atoms with Crippen LogP contribution in [-0.4, -0.2) is 55.4 Å². The lowest BCUT2D eigenvalue weighted by molar-refractivity contribution is 0.102. The molecule has 0 saturated heterocycles. The number of carbonyl (C=O) groups excluding carboxylic acids is 1. The van der Waals surface area contributed by atoms with Gasteiger partial charge < -0.3 is 24.3 Å². The lowest BCUT2D eigenvalue weighted by Crippen LogP contribution is -2.37. The molecule has 3 aromatic heterocycles. The second-order valence-corrected chi connectivity index (χ2v) is 7.95. The van der Waals surface area contributed by atoms with Crippen molar-refractivity contribution in [3.8, 4) is 28.5 Å². The van der Waals surface area contributed by atoms with Crippen LogP contribution < -0.4 is 10.1 Å². The Kier molecular flexibility index (Phi) is 5.65. The molecule has 0 bridgehead atoms. The molecule has 0 atom stereocenters. The standard InChI is InChI=1S/C24H22N6O5/c1-14-20(21(28-35-14)15-6-4-3-5-7-15)22(31)26-17-9-8-16(27-23(17)34-2)18-12-25-19-13-29(24(32)33)10-11-30(18)19/h3-9,12H,10-11,13H2,1-2H3,(H,26,31)(H,32,33). The normalized spacial score (nSPS) is 12.8. The van der Waals surface area contributed by atoms with Gasteiger partial charge in [-0.3, -0.25) is 9.69 Å². The van der Waals surface area contributed by atoms with Crippen LogP contribution in [0.5, 0.6) is 5.88 Å². The van der Waals surface area contributed by atoms with Crippen molar-refractivity contribution in [1.29, 1.82) is 0 Å². The van der Waals surface area contributed by atoms with Crippen molar-refractivity contribution >= 4 is 17.7 Å². The minimum atomic E-state index is -0.973. The zero-order valence-corrected chi connectivity index (χ0v) is 19.1. The summed E-state index contributed by atoms with van der Waals surface area (Å²) in [6, 6.07) is 12.8. The van der Waals surface area contributed by atoms with Gasteiger partial charge >= 0.3 is 6.09 Å². The molecular weight excluding hydrogens is 452 g/mol. The summed E-state index contributed by atoms with van der Waals surface area (Å²) in [5.74, 6) is 0.866. The number of amides is 2. The van der Waals surface area contributed by atoms with Crippen LogP contribution in [0.15, 0.2) is 53.2 Å². The number of hydrogen-bond donors (Lipinski definition) is 2. The van der Waals surface area contributed by atoms with E-state index < -0.39 is 12.0 Å². The fourth-order valence-electron chi connectivity index (χ4n) is 4.08. The van der Waals surface area contributed by atoms with Gasteiger partial charge in [0.2, 0.25) is 5.88 Å². The number of hydrogen-bond acceptors (Lipinski definition) is 7. The van der Waals surface area contributed by atoms with Crippen LogP contribution in [-0.2, 0) is 13.1 Å². The van der Waals surface area contributed by atoms with E-state index in [4.69, 9.17) is 9.26 Å². The quantitative estimate of drug-likeness (QED) is 0.447. The number of nitrogens with one attached hydrogen (secondary N) is 1. The second-order valence-electron chi connectivity index (χ2n) is 7.95. The first-order valence-electron chi connectivity index (χ1n) is 10.9. The number of ether oxygens (including phenoxy) is 1. The molecule has 11 nitrogen and oxygen atoms in total. The Bertz CT molecular complexity index is 1410. The Labute approximate surface area is 200 Å². The number of pyridine rings is 1. The zero-order valence-electron chi connectivity index (χ0n) is 19.1. The second kappa shape index (κ2) is 8.93. The fourth-order valence-corrected chi connectivity index (χ4v) is 4.08. The predicted octanol–water partition coefficient (Wildman–Crippen LogP) is 3.66. The third kappa shape index (κ3) is 4.07. The number of aryl methyl sites for hydroxylation is 1. The highest BCUT2D eigenvalue weighted by molar-refractivity contribution is 6.09. The highest BCUT2D eigenvalue weighted by Gasteiger charge is 2.25. The molecule has 1 aliphatic heterocycles. The van der Waals surface area contributed by atoms with Crippen LogP contribution >= 0.6 is 0 Å². The summed E-state index contributed by atoms with van der Waals surface area (Å²) in [4.78, 5) is 34.7. The molecule has 4 heterocycles. The Balaban J connectivity index is 1.42. The number of rotatable bonds is 5. The Morgan fingerprint density at radius 2 is 1.94 bits per heavy atom. The van der Waals surface area contributed by atoms with Gasteiger partial charge in [-0.25, -0.2) is 14.8 Å². The molecule has 2 N–H and O–H groups in total. The topological polar surface area (TPSA) is 136 Å². The Hall–Kier alpha value is -4.67. The van der Waals surface area contributed by atoms with E-state index in [-0.39, 0.29) is 12.4 Å². The van der Waals surface area contributed by atoms with Crippen molar-refractivity contribution in [2.75, 3.05) is 19.0 Å². The summed E-state index contributed by atoms with van der Waals surface area (Å²) in [7, 11) is 1.47. The van der Waals surface area contributed by atoms with Crippen LogP contribution in [0.25, 0.3) is 22.6 Å². The number of carboxylic acid groups (broad SMARTS) is 1. The largest absolute Gasteiger partial charge is 0.479 e. The maximum atomic E-state index is 13.2. The number of methoxy groups -OCH3 is 1. The summed E-state index contributed by atoms with van der Waals surface area (Å²) < 4.78 is 12.7. The lowest BCUT2D eigenvalue weighted by Gasteiger charge is -2.26. The molecule has 5 rings (SSSR count). The number of fused-ring (bicyclic) bond motifs is 1. The molecule has 2 amide bonds. The number of carbonyl (C=O) groups is 2. The minimum absolute atomic E-state index is 0.211. The van der Waals surface area contributed by atoms with Gasteiger partial charge in [0.25, 0.3) is 5.91 Å². The van der Waals surface area contributed by atoms with Crippen LogP contribution in [0, 0.1) is 6.92 Å². The van der Waals surface area contributed by atoms with E-state index in [1.165, 1.54) is 12.0 Å². The Morgan fingerprint density at radius 3 is 2.69 bits per heavy atom. The van der Waals surface area contributed by atoms with E-state index in [0.717, 1.165) is 11.3 Å². The van der Waals surface area contributed by atoms with E-state index in [1.807, 2.05) is 34.9 Å². The van der Waals surface area contributed by atoms with Gasteiger partial charge in [0.15, 0.2) is 0 Å². The van der Waals surface area contributed by atoms with Crippen LogP contribution in [0.3, 0.4) is 0 Å². The number of benzene rings is 1. The van der Waals surface area contributed by atoms with Crippen molar-refractivity contribution in [3.05, 3.63) is 65.8 Å². The van der Waals surface area contributed by atoms with Crippen molar-refractivity contribution in [3.63, 3.8) is 0 Å². The third-order valence-electron chi connectivity index (χ3n) is 5.84. The number of aromatic nitrogens is 4. The molecule has 1 aromatic carbocycles. The van der Waals surface area contributed by atoms with Crippen molar-refractivity contribution < 1.29 is 24.0 Å². The maximum absolute atomic E-state index is 13.2. The minimum Gasteiger partial charge on any atom is -0.479 e. The molecule has 35 heavy (non-hydrogen) atoms. The molecular formula is C24H22N6O5. The van der Waals surface area contributed by atoms with E-state index >= 15 is 0 Å². The highest BCUT2D eigenvalue weighted by atomic mass is 16.5. The smallest absolute Gasteiger partial charge is 0.407 e. The molecule has 11 heteroatoms. The lowest BCUT2D eigenvalue weighted by atomic mass is 10.1. The first-order chi connectivity index (χ1) is 17.0. The number of anilines is 1. The molecule has 0 aliphatic carbocycles. The fraction of sp³-hybridized carbons (Fsp3) is 0.208. The Morgan fingerprint density at radius 1 is 1.14 bits per heavy atom. The van der Waals surface area contributed by atoms with Crippen LogP contribution in [0.2, 0.25) is 0 Å². The monoisotopic (exact) mass is 474 g/mol. The average Bonchev–Trinajstić information content (AvgIpc) is 3.48. The summed E-state index contributed by atoms with van der Waals surface area (Å²) in [6.07, 6.45) is 0.687. The average molecular weight is 474 g/mol. The van der Waals surface area contributed by atoms with Crippen molar-refractivity contribution in [2.24, 2.45) is 0 Å². The van der Waals surface area contributed by atoms with E-state index in [9.17, 15) is 14.7 Å². The van der Waals surface area contributed by atoms with Gasteiger partial charge in [-0.05, 0) is 19.1 Å². The summed E-state index contributed by atoms with van der Waals surface area (Å²) >= 11 is 0.